The number of rotatable bonds is 8. The Morgan fingerprint density at radius 3 is 1.11 bits per heavy atom. The van der Waals surface area contributed by atoms with Gasteiger partial charge in [-0.05, 0) is 41.9 Å². The first kappa shape index (κ1) is 28.3. The Balaban J connectivity index is 1.68. The highest BCUT2D eigenvalue weighted by Gasteiger charge is 2.72. The Bertz CT molecular complexity index is 708. The van der Waals surface area contributed by atoms with E-state index in [9.17, 15) is 62.9 Å². The van der Waals surface area contributed by atoms with Gasteiger partial charge in [0.25, 0.3) is 11.2 Å². The Hall–Kier alpha value is -1.26. The first-order valence-electron chi connectivity index (χ1n) is 10.2. The molecule has 2 saturated carbocycles. The molecule has 35 heavy (non-hydrogen) atoms. The lowest BCUT2D eigenvalue weighted by molar-refractivity contribution is -0.381. The van der Waals surface area contributed by atoms with Gasteiger partial charge >= 0.3 is 24.7 Å². The maximum Gasteiger partial charge on any atom is 0.428 e. The van der Waals surface area contributed by atoms with Gasteiger partial charge in [0.1, 0.15) is 0 Å². The van der Waals surface area contributed by atoms with E-state index in [1.807, 2.05) is 0 Å². The molecule has 2 N–H and O–H groups in total. The van der Waals surface area contributed by atoms with Gasteiger partial charge in [-0.15, -0.1) is 0 Å². The van der Waals surface area contributed by atoms with E-state index in [1.54, 1.807) is 12.2 Å². The van der Waals surface area contributed by atoms with E-state index < -0.39 is 74.2 Å². The third-order valence-electron chi connectivity index (χ3n) is 7.24. The molecule has 0 saturated heterocycles. The smallest absolute Gasteiger partial charge is 0.377 e. The SMILES string of the molecule is OC(COCC1C(COCC(O)(C(F)(F)F)C(F)(F)F)C2C3C=CC(C3)C12)(C(F)(F)F)C(F)(F)F. The maximum atomic E-state index is 12.8. The van der Waals surface area contributed by atoms with Gasteiger partial charge in [0, 0.05) is 0 Å². The normalized spacial score (nSPS) is 31.6. The first-order valence-corrected chi connectivity index (χ1v) is 10.2. The van der Waals surface area contributed by atoms with Crippen LogP contribution in [-0.4, -0.2) is 72.5 Å². The topological polar surface area (TPSA) is 58.9 Å². The second kappa shape index (κ2) is 8.65. The van der Waals surface area contributed by atoms with E-state index in [1.165, 1.54) is 0 Å². The van der Waals surface area contributed by atoms with Crippen LogP contribution in [-0.2, 0) is 9.47 Å². The average Bonchev–Trinajstić information content (AvgIpc) is 3.23. The molecule has 16 heteroatoms. The van der Waals surface area contributed by atoms with Crippen LogP contribution in [0.5, 0.6) is 0 Å². The Labute approximate surface area is 189 Å². The van der Waals surface area contributed by atoms with Crippen molar-refractivity contribution in [2.24, 2.45) is 35.5 Å². The third kappa shape index (κ3) is 4.63. The lowest BCUT2D eigenvalue weighted by Crippen LogP contribution is -2.61. The van der Waals surface area contributed by atoms with Crippen LogP contribution in [0.2, 0.25) is 0 Å². The van der Waals surface area contributed by atoms with Crippen molar-refractivity contribution in [3.05, 3.63) is 12.2 Å². The fraction of sp³-hybridized carbons (Fsp3) is 0.895. The largest absolute Gasteiger partial charge is 0.428 e. The molecular formula is C19H20F12O4. The molecule has 4 nitrogen and oxygen atoms in total. The molecule has 0 heterocycles. The number of hydrogen-bond donors (Lipinski definition) is 2. The van der Waals surface area contributed by atoms with Crippen LogP contribution in [0.3, 0.4) is 0 Å². The van der Waals surface area contributed by atoms with Crippen molar-refractivity contribution in [2.75, 3.05) is 26.4 Å². The summed E-state index contributed by atoms with van der Waals surface area (Å²) in [4.78, 5) is 0. The van der Waals surface area contributed by atoms with Crippen LogP contribution < -0.4 is 0 Å². The number of ether oxygens (including phenoxy) is 2. The minimum Gasteiger partial charge on any atom is -0.377 e. The predicted octanol–water partition coefficient (Wildman–Crippen LogP) is 4.42. The third-order valence-corrected chi connectivity index (χ3v) is 7.24. The van der Waals surface area contributed by atoms with E-state index in [0.717, 1.165) is 0 Å². The molecule has 0 amide bonds. The van der Waals surface area contributed by atoms with Crippen LogP contribution in [0.25, 0.3) is 0 Å². The molecule has 0 aromatic rings. The maximum absolute atomic E-state index is 12.8. The van der Waals surface area contributed by atoms with Crippen molar-refractivity contribution in [3.63, 3.8) is 0 Å². The molecule has 6 unspecified atom stereocenters. The highest BCUT2D eigenvalue weighted by Crippen LogP contribution is 2.64. The van der Waals surface area contributed by atoms with Crippen LogP contribution in [0.1, 0.15) is 6.42 Å². The monoisotopic (exact) mass is 540 g/mol. The van der Waals surface area contributed by atoms with Crippen molar-refractivity contribution < 1.29 is 72.4 Å². The summed E-state index contributed by atoms with van der Waals surface area (Å²) >= 11 is 0. The summed E-state index contributed by atoms with van der Waals surface area (Å²) in [5.41, 5.74) is -10.3. The molecule has 3 rings (SSSR count). The Morgan fingerprint density at radius 1 is 0.571 bits per heavy atom. The number of aliphatic hydroxyl groups is 2. The van der Waals surface area contributed by atoms with E-state index in [4.69, 9.17) is 0 Å². The zero-order chi connectivity index (χ0) is 26.8. The second-order valence-corrected chi connectivity index (χ2v) is 9.17. The van der Waals surface area contributed by atoms with E-state index in [2.05, 4.69) is 9.47 Å². The van der Waals surface area contributed by atoms with Crippen molar-refractivity contribution in [3.8, 4) is 0 Å². The summed E-state index contributed by atoms with van der Waals surface area (Å²) in [7, 11) is 0. The quantitative estimate of drug-likeness (QED) is 0.354. The van der Waals surface area contributed by atoms with E-state index >= 15 is 0 Å². The Morgan fingerprint density at radius 2 is 0.857 bits per heavy atom. The highest BCUT2D eigenvalue weighted by molar-refractivity contribution is 5.21. The minimum absolute atomic E-state index is 0.138. The first-order chi connectivity index (χ1) is 15.7. The number of alkyl halides is 12. The van der Waals surface area contributed by atoms with Gasteiger partial charge < -0.3 is 19.7 Å². The molecule has 3 aliphatic carbocycles. The molecule has 0 radical (unpaired) electrons. The molecule has 0 aromatic carbocycles. The molecule has 2 fully saturated rings. The summed E-state index contributed by atoms with van der Waals surface area (Å²) < 4.78 is 163. The van der Waals surface area contributed by atoms with Gasteiger partial charge in [-0.25, -0.2) is 0 Å². The molecule has 3 aliphatic rings. The summed E-state index contributed by atoms with van der Waals surface area (Å²) in [5, 5.41) is 18.4. The van der Waals surface area contributed by atoms with Gasteiger partial charge in [-0.3, -0.25) is 0 Å². The predicted molar refractivity (Wildman–Crippen MR) is 90.5 cm³/mol. The number of fused-ring (bicyclic) bond motifs is 5. The summed E-state index contributed by atoms with van der Waals surface area (Å²) in [6.07, 6.45) is -20.4. The number of allylic oxidation sites excluding steroid dienone is 2. The fourth-order valence-corrected chi connectivity index (χ4v) is 5.33. The molecule has 2 bridgehead atoms. The molecule has 6 atom stereocenters. The second-order valence-electron chi connectivity index (χ2n) is 9.17. The van der Waals surface area contributed by atoms with Crippen molar-refractivity contribution in [1.82, 2.24) is 0 Å². The van der Waals surface area contributed by atoms with Crippen LogP contribution in [0, 0.1) is 35.5 Å². The number of hydrogen-bond acceptors (Lipinski definition) is 4. The standard InChI is InChI=1S/C19H20F12O4/c20-16(21,22)14(32,17(23,24)25)6-34-4-10-11(13-9-2-1-8(3-9)12(10)13)5-35-7-15(33,18(26,27)28)19(29,30)31/h1-2,8-13,32-33H,3-7H2. The molecule has 0 aliphatic heterocycles. The lowest BCUT2D eigenvalue weighted by atomic mass is 9.53. The van der Waals surface area contributed by atoms with Crippen molar-refractivity contribution in [2.45, 2.75) is 42.3 Å². The molecule has 0 aromatic heterocycles. The fourth-order valence-electron chi connectivity index (χ4n) is 5.33. The summed E-state index contributed by atoms with van der Waals surface area (Å²) in [6, 6.07) is 0. The van der Waals surface area contributed by atoms with Crippen LogP contribution >= 0.6 is 0 Å². The number of halogens is 12. The molecule has 204 valence electrons. The lowest BCUT2D eigenvalue weighted by Gasteiger charge is -2.53. The van der Waals surface area contributed by atoms with Gasteiger partial charge in [-0.1, -0.05) is 12.2 Å². The molecular weight excluding hydrogens is 520 g/mol. The van der Waals surface area contributed by atoms with Gasteiger partial charge in [0.05, 0.1) is 26.4 Å². The average molecular weight is 540 g/mol. The van der Waals surface area contributed by atoms with Gasteiger partial charge in [0.2, 0.25) is 0 Å². The summed E-state index contributed by atoms with van der Waals surface area (Å²) in [6.45, 7) is -5.95. The van der Waals surface area contributed by atoms with Crippen LogP contribution in [0.4, 0.5) is 52.7 Å². The van der Waals surface area contributed by atoms with Crippen LogP contribution in [0.15, 0.2) is 12.2 Å². The van der Waals surface area contributed by atoms with E-state index in [-0.39, 0.29) is 23.7 Å². The zero-order valence-corrected chi connectivity index (χ0v) is 17.4. The van der Waals surface area contributed by atoms with Gasteiger partial charge in [0.15, 0.2) is 0 Å². The minimum atomic E-state index is -6.12. The Kier molecular flexibility index (Phi) is 7.00. The van der Waals surface area contributed by atoms with Crippen molar-refractivity contribution in [1.29, 1.82) is 0 Å². The van der Waals surface area contributed by atoms with Gasteiger partial charge in [-0.2, -0.15) is 52.7 Å². The highest BCUT2D eigenvalue weighted by atomic mass is 19.4. The van der Waals surface area contributed by atoms with Crippen molar-refractivity contribution >= 4 is 0 Å². The van der Waals surface area contributed by atoms with E-state index in [0.29, 0.717) is 6.42 Å². The summed E-state index contributed by atoms with van der Waals surface area (Å²) in [5.74, 6) is -2.66. The molecule has 0 spiro atoms. The zero-order valence-electron chi connectivity index (χ0n) is 17.4.